The Labute approximate surface area is 169 Å². The smallest absolute Gasteiger partial charge is 0.253 e. The number of pyridine rings is 1. The predicted octanol–water partition coefficient (Wildman–Crippen LogP) is 3.93. The lowest BCUT2D eigenvalue weighted by molar-refractivity contribution is -0.121. The van der Waals surface area contributed by atoms with Crippen molar-refractivity contribution in [2.24, 2.45) is 5.92 Å². The van der Waals surface area contributed by atoms with E-state index in [1.165, 1.54) is 6.20 Å². The molecule has 0 unspecified atom stereocenters. The van der Waals surface area contributed by atoms with E-state index in [9.17, 15) is 9.59 Å². The van der Waals surface area contributed by atoms with E-state index in [1.807, 2.05) is 26.0 Å². The van der Waals surface area contributed by atoms with E-state index in [-0.39, 0.29) is 17.7 Å². The first-order valence-electron chi connectivity index (χ1n) is 9.43. The number of rotatable bonds is 5. The second kappa shape index (κ2) is 9.06. The first-order chi connectivity index (χ1) is 13.5. The summed E-state index contributed by atoms with van der Waals surface area (Å²) in [6, 6.07) is 8.85. The van der Waals surface area contributed by atoms with Crippen LogP contribution in [0.1, 0.15) is 35.7 Å². The Bertz CT molecular complexity index is 846. The van der Waals surface area contributed by atoms with Crippen LogP contribution in [-0.2, 0) is 4.79 Å². The summed E-state index contributed by atoms with van der Waals surface area (Å²) < 4.78 is 5.53. The van der Waals surface area contributed by atoms with Crippen molar-refractivity contribution in [3.8, 4) is 5.75 Å². The number of carbonyl (C=O) groups excluding carboxylic acids is 2. The molecule has 0 radical (unpaired) electrons. The van der Waals surface area contributed by atoms with E-state index in [2.05, 4.69) is 10.3 Å². The van der Waals surface area contributed by atoms with Crippen LogP contribution in [0.15, 0.2) is 36.5 Å². The highest BCUT2D eigenvalue weighted by Crippen LogP contribution is 2.23. The van der Waals surface area contributed by atoms with Gasteiger partial charge in [0, 0.05) is 30.8 Å². The van der Waals surface area contributed by atoms with Gasteiger partial charge >= 0.3 is 0 Å². The summed E-state index contributed by atoms with van der Waals surface area (Å²) in [5, 5.41) is 3.34. The van der Waals surface area contributed by atoms with Gasteiger partial charge in [-0.05, 0) is 62.6 Å². The summed E-state index contributed by atoms with van der Waals surface area (Å²) in [7, 11) is 0. The van der Waals surface area contributed by atoms with Crippen molar-refractivity contribution >= 4 is 29.2 Å². The van der Waals surface area contributed by atoms with Crippen LogP contribution < -0.4 is 10.1 Å². The summed E-state index contributed by atoms with van der Waals surface area (Å²) in [5.74, 6) is 1.06. The number of amides is 2. The van der Waals surface area contributed by atoms with E-state index in [0.29, 0.717) is 48.9 Å². The molecule has 0 aliphatic carbocycles. The molecule has 1 aromatic heterocycles. The molecule has 1 saturated heterocycles. The lowest BCUT2D eigenvalue weighted by Gasteiger charge is -2.31. The fourth-order valence-corrected chi connectivity index (χ4v) is 3.42. The lowest BCUT2D eigenvalue weighted by atomic mass is 9.95. The molecule has 1 fully saturated rings. The Morgan fingerprint density at radius 3 is 2.61 bits per heavy atom. The molecule has 3 rings (SSSR count). The van der Waals surface area contributed by atoms with Gasteiger partial charge in [0.1, 0.15) is 11.6 Å². The molecular weight excluding hydrogens is 378 g/mol. The van der Waals surface area contributed by atoms with E-state index >= 15 is 0 Å². The Morgan fingerprint density at radius 1 is 1.25 bits per heavy atom. The number of nitrogens with one attached hydrogen (secondary N) is 1. The van der Waals surface area contributed by atoms with Gasteiger partial charge in [0.05, 0.1) is 11.6 Å². The van der Waals surface area contributed by atoms with Crippen molar-refractivity contribution in [3.63, 3.8) is 0 Å². The van der Waals surface area contributed by atoms with Crippen LogP contribution in [0.4, 0.5) is 5.82 Å². The molecule has 1 N–H and O–H groups in total. The molecule has 1 aliphatic rings. The molecule has 0 bridgehead atoms. The van der Waals surface area contributed by atoms with E-state index in [0.717, 1.165) is 11.3 Å². The molecule has 0 saturated carbocycles. The first kappa shape index (κ1) is 20.1. The molecule has 0 spiro atoms. The summed E-state index contributed by atoms with van der Waals surface area (Å²) in [5.41, 5.74) is 1.59. The van der Waals surface area contributed by atoms with Crippen LogP contribution in [0.5, 0.6) is 5.75 Å². The van der Waals surface area contributed by atoms with Crippen LogP contribution in [0.25, 0.3) is 0 Å². The summed E-state index contributed by atoms with van der Waals surface area (Å²) in [6.45, 7) is 5.56. The number of likely N-dealkylation sites (tertiary alicyclic amines) is 1. The van der Waals surface area contributed by atoms with Gasteiger partial charge in [0.25, 0.3) is 5.91 Å². The zero-order valence-electron chi connectivity index (χ0n) is 16.1. The number of ether oxygens (including phenoxy) is 1. The number of nitrogens with zero attached hydrogens (tertiary/aromatic N) is 2. The number of hydrogen-bond donors (Lipinski definition) is 1. The third-order valence-electron chi connectivity index (χ3n) is 4.85. The average molecular weight is 402 g/mol. The largest absolute Gasteiger partial charge is 0.494 e. The molecule has 2 amide bonds. The number of halogens is 1. The van der Waals surface area contributed by atoms with Gasteiger partial charge in [0.15, 0.2) is 0 Å². The molecule has 6 nitrogen and oxygen atoms in total. The maximum Gasteiger partial charge on any atom is 0.253 e. The fraction of sp³-hybridized carbons (Fsp3) is 0.381. The van der Waals surface area contributed by atoms with Crippen molar-refractivity contribution in [2.75, 3.05) is 25.0 Å². The Kier molecular flexibility index (Phi) is 6.52. The number of aryl methyl sites for hydroxylation is 1. The quantitative estimate of drug-likeness (QED) is 0.823. The molecule has 148 valence electrons. The van der Waals surface area contributed by atoms with Crippen molar-refractivity contribution in [2.45, 2.75) is 26.7 Å². The van der Waals surface area contributed by atoms with Gasteiger partial charge in [-0.3, -0.25) is 9.59 Å². The maximum atomic E-state index is 12.8. The number of aromatic nitrogens is 1. The van der Waals surface area contributed by atoms with Crippen molar-refractivity contribution in [1.29, 1.82) is 0 Å². The predicted molar refractivity (Wildman–Crippen MR) is 109 cm³/mol. The molecule has 28 heavy (non-hydrogen) atoms. The molecule has 1 aliphatic heterocycles. The minimum absolute atomic E-state index is 0.00984. The highest BCUT2D eigenvalue weighted by Gasteiger charge is 2.28. The van der Waals surface area contributed by atoms with E-state index < -0.39 is 0 Å². The van der Waals surface area contributed by atoms with Crippen molar-refractivity contribution < 1.29 is 14.3 Å². The fourth-order valence-electron chi connectivity index (χ4n) is 3.31. The topological polar surface area (TPSA) is 71.5 Å². The first-order valence-corrected chi connectivity index (χ1v) is 9.81. The molecule has 0 atom stereocenters. The lowest BCUT2D eigenvalue weighted by Crippen LogP contribution is -2.41. The molecule has 2 aromatic rings. The van der Waals surface area contributed by atoms with E-state index in [4.69, 9.17) is 16.3 Å². The third-order valence-corrected chi connectivity index (χ3v) is 5.08. The second-order valence-corrected chi connectivity index (χ2v) is 7.27. The van der Waals surface area contributed by atoms with Gasteiger partial charge in [-0.2, -0.15) is 0 Å². The number of piperidine rings is 1. The van der Waals surface area contributed by atoms with Crippen LogP contribution in [0.3, 0.4) is 0 Å². The van der Waals surface area contributed by atoms with E-state index in [1.54, 1.807) is 23.1 Å². The van der Waals surface area contributed by atoms with Crippen LogP contribution in [0, 0.1) is 12.8 Å². The summed E-state index contributed by atoms with van der Waals surface area (Å²) in [6.07, 6.45) is 2.75. The average Bonchev–Trinajstić information content (AvgIpc) is 2.71. The normalized spacial score (nSPS) is 14.6. The molecule has 7 heteroatoms. The Hall–Kier alpha value is -2.60. The Balaban J connectivity index is 1.55. The van der Waals surface area contributed by atoms with Crippen LogP contribution in [-0.4, -0.2) is 41.4 Å². The molecule has 2 heterocycles. The van der Waals surface area contributed by atoms with Crippen molar-refractivity contribution in [1.82, 2.24) is 9.88 Å². The summed E-state index contributed by atoms with van der Waals surface area (Å²) >= 11 is 5.81. The molecular formula is C21H24ClN3O3. The standard InChI is InChI=1S/C21H24ClN3O3/c1-3-28-18-6-4-16(12-14(18)2)21(27)25-10-8-15(9-11-25)20(26)24-19-7-5-17(22)13-23-19/h4-7,12-13,15H,3,8-11H2,1-2H3,(H,23,24,26). The number of anilines is 1. The van der Waals surface area contributed by atoms with Crippen LogP contribution >= 0.6 is 11.6 Å². The van der Waals surface area contributed by atoms with Gasteiger partial charge in [-0.25, -0.2) is 4.98 Å². The minimum atomic E-state index is -0.136. The molecule has 1 aromatic carbocycles. The number of hydrogen-bond acceptors (Lipinski definition) is 4. The van der Waals surface area contributed by atoms with Crippen molar-refractivity contribution in [3.05, 3.63) is 52.7 Å². The number of carbonyl (C=O) groups is 2. The monoisotopic (exact) mass is 401 g/mol. The zero-order chi connectivity index (χ0) is 20.1. The van der Waals surface area contributed by atoms with Crippen LogP contribution in [0.2, 0.25) is 5.02 Å². The summed E-state index contributed by atoms with van der Waals surface area (Å²) in [4.78, 5) is 31.1. The van der Waals surface area contributed by atoms with Gasteiger partial charge < -0.3 is 15.0 Å². The zero-order valence-corrected chi connectivity index (χ0v) is 16.8. The third kappa shape index (κ3) is 4.81. The highest BCUT2D eigenvalue weighted by molar-refractivity contribution is 6.30. The maximum absolute atomic E-state index is 12.8. The SMILES string of the molecule is CCOc1ccc(C(=O)N2CCC(C(=O)Nc3ccc(Cl)cn3)CC2)cc1C. The van der Waals surface area contributed by atoms with Gasteiger partial charge in [0.2, 0.25) is 5.91 Å². The number of benzene rings is 1. The minimum Gasteiger partial charge on any atom is -0.494 e. The second-order valence-electron chi connectivity index (χ2n) is 6.83. The Morgan fingerprint density at radius 2 is 2.00 bits per heavy atom. The highest BCUT2D eigenvalue weighted by atomic mass is 35.5. The van der Waals surface area contributed by atoms with Gasteiger partial charge in [-0.15, -0.1) is 0 Å². The van der Waals surface area contributed by atoms with Gasteiger partial charge in [-0.1, -0.05) is 11.6 Å².